The minimum absolute atomic E-state index is 0.306. The molecule has 1 aliphatic rings. The van der Waals surface area contributed by atoms with Crippen LogP contribution in [0.2, 0.25) is 0 Å². The van der Waals surface area contributed by atoms with Crippen molar-refractivity contribution in [1.29, 1.82) is 0 Å². The Morgan fingerprint density at radius 2 is 1.33 bits per heavy atom. The summed E-state index contributed by atoms with van der Waals surface area (Å²) in [7, 11) is 2.32. The van der Waals surface area contributed by atoms with Crippen molar-refractivity contribution in [2.45, 2.75) is 79.1 Å². The summed E-state index contributed by atoms with van der Waals surface area (Å²) in [5.74, 6) is 0. The molecular weight excluding hydrogens is 329 g/mol. The predicted molar refractivity (Wildman–Crippen MR) is 81.3 cm³/mol. The Kier molecular flexibility index (Phi) is 5.19. The van der Waals surface area contributed by atoms with Crippen molar-refractivity contribution in [3.8, 4) is 0 Å². The van der Waals surface area contributed by atoms with Gasteiger partial charge in [-0.2, -0.15) is 0 Å². The molecule has 0 amide bonds. The van der Waals surface area contributed by atoms with Crippen molar-refractivity contribution in [1.82, 2.24) is 9.36 Å². The summed E-state index contributed by atoms with van der Waals surface area (Å²) in [6, 6.07) is 0. The first-order valence-corrected chi connectivity index (χ1v) is 11.0. The summed E-state index contributed by atoms with van der Waals surface area (Å²) in [5.41, 5.74) is 0.612. The van der Waals surface area contributed by atoms with Gasteiger partial charge in [0.2, 0.25) is 0 Å². The van der Waals surface area contributed by atoms with Crippen LogP contribution in [0.5, 0.6) is 0 Å². The molecule has 1 heterocycles. The Bertz CT molecular complexity index is 258. The van der Waals surface area contributed by atoms with E-state index >= 15 is 0 Å². The van der Waals surface area contributed by atoms with Gasteiger partial charge in [0.05, 0.1) is 0 Å². The fourth-order valence-corrected chi connectivity index (χ4v) is 12.5. The van der Waals surface area contributed by atoms with Gasteiger partial charge < -0.3 is 0 Å². The second kappa shape index (κ2) is 5.58. The maximum absolute atomic E-state index is 2.85. The molecule has 0 saturated carbocycles. The molecule has 3 nitrogen and oxygen atoms in total. The second-order valence-electron chi connectivity index (χ2n) is 7.28. The zero-order chi connectivity index (χ0) is 14.3. The van der Waals surface area contributed by atoms with Crippen molar-refractivity contribution in [3.63, 3.8) is 0 Å². The summed E-state index contributed by atoms with van der Waals surface area (Å²) in [4.78, 5) is 0. The van der Waals surface area contributed by atoms with Gasteiger partial charge in [0.15, 0.2) is 0 Å². The molecule has 1 aliphatic heterocycles. The van der Waals surface area contributed by atoms with E-state index in [0.717, 1.165) is 0 Å². The average molecular weight is 361 g/mol. The fourth-order valence-electron chi connectivity index (χ4n) is 2.81. The second-order valence-corrected chi connectivity index (χ2v) is 13.9. The van der Waals surface area contributed by atoms with Crippen LogP contribution in [0.1, 0.15) is 61.8 Å². The Balaban J connectivity index is 3.05. The molecule has 0 aromatic heterocycles. The van der Waals surface area contributed by atoms with Crippen molar-refractivity contribution in [2.24, 2.45) is 0 Å². The van der Waals surface area contributed by atoms with Crippen LogP contribution in [-0.4, -0.2) is 60.8 Å². The maximum atomic E-state index is 2.85. The molecule has 0 aromatic rings. The predicted octanol–water partition coefficient (Wildman–Crippen LogP) is 2.87. The molecule has 0 spiro atoms. The van der Waals surface area contributed by atoms with Crippen molar-refractivity contribution >= 4 is 20.6 Å². The quantitative estimate of drug-likeness (QED) is 0.716. The molecule has 1 radical (unpaired) electrons. The molecule has 4 heteroatoms. The van der Waals surface area contributed by atoms with Gasteiger partial charge in [0.1, 0.15) is 0 Å². The van der Waals surface area contributed by atoms with Crippen LogP contribution in [0.25, 0.3) is 0 Å². The van der Waals surface area contributed by atoms with Crippen LogP contribution in [0.4, 0.5) is 0 Å². The van der Waals surface area contributed by atoms with Crippen molar-refractivity contribution in [2.75, 3.05) is 13.6 Å². The van der Waals surface area contributed by atoms with Crippen LogP contribution in [0.15, 0.2) is 0 Å². The third kappa shape index (κ3) is 3.05. The van der Waals surface area contributed by atoms with Gasteiger partial charge in [-0.3, -0.25) is 0 Å². The molecule has 1 fully saturated rings. The topological polar surface area (TPSA) is 9.72 Å². The third-order valence-electron chi connectivity index (χ3n) is 3.65. The Hall–Kier alpha value is 0.679. The monoisotopic (exact) mass is 362 g/mol. The molecular formula is C14H32N3Sn. The van der Waals surface area contributed by atoms with Crippen LogP contribution < -0.4 is 0 Å². The van der Waals surface area contributed by atoms with E-state index in [-0.39, 0.29) is 0 Å². The van der Waals surface area contributed by atoms with Gasteiger partial charge in [-0.05, 0) is 0 Å². The summed E-state index contributed by atoms with van der Waals surface area (Å²) in [5, 5.41) is 0. The SMILES string of the molecule is CCC1[N](C(C)(C)C)[Sn]([N](C)CC)[N]1C(C)(C)C. The van der Waals surface area contributed by atoms with E-state index in [4.69, 9.17) is 0 Å². The first-order chi connectivity index (χ1) is 8.05. The van der Waals surface area contributed by atoms with Gasteiger partial charge in [-0.25, -0.2) is 0 Å². The van der Waals surface area contributed by atoms with Crippen molar-refractivity contribution < 1.29 is 0 Å². The molecule has 0 bridgehead atoms. The van der Waals surface area contributed by atoms with E-state index in [1.165, 1.54) is 13.0 Å². The van der Waals surface area contributed by atoms with Gasteiger partial charge >= 0.3 is 123 Å². The molecule has 0 aliphatic carbocycles. The number of nitrogens with zero attached hydrogens (tertiary/aromatic N) is 3. The van der Waals surface area contributed by atoms with E-state index in [1.54, 1.807) is 0 Å². The van der Waals surface area contributed by atoms with Crippen LogP contribution >= 0.6 is 0 Å². The first kappa shape index (κ1) is 16.7. The average Bonchev–Trinajstić information content (AvgIpc) is 2.11. The molecule has 1 saturated heterocycles. The molecule has 0 N–H and O–H groups in total. The fraction of sp³-hybridized carbons (Fsp3) is 1.00. The van der Waals surface area contributed by atoms with Crippen LogP contribution in [0, 0.1) is 0 Å². The Morgan fingerprint density at radius 3 is 1.56 bits per heavy atom. The van der Waals surface area contributed by atoms with Gasteiger partial charge in [0.25, 0.3) is 0 Å². The third-order valence-corrected chi connectivity index (χ3v) is 14.5. The zero-order valence-electron chi connectivity index (χ0n) is 13.8. The van der Waals surface area contributed by atoms with Crippen LogP contribution in [0.3, 0.4) is 0 Å². The van der Waals surface area contributed by atoms with E-state index in [9.17, 15) is 0 Å². The molecule has 107 valence electrons. The summed E-state index contributed by atoms with van der Waals surface area (Å²) in [6.07, 6.45) is 1.88. The van der Waals surface area contributed by atoms with Crippen molar-refractivity contribution in [3.05, 3.63) is 0 Å². The first-order valence-electron chi connectivity index (χ1n) is 7.22. The molecule has 18 heavy (non-hydrogen) atoms. The van der Waals surface area contributed by atoms with Gasteiger partial charge in [-0.1, -0.05) is 0 Å². The summed E-state index contributed by atoms with van der Waals surface area (Å²) >= 11 is -1.81. The number of hydrogen-bond acceptors (Lipinski definition) is 3. The Labute approximate surface area is 122 Å². The number of hydrogen-bond donors (Lipinski definition) is 0. The normalized spacial score (nSPS) is 21.7. The molecule has 0 aromatic carbocycles. The molecule has 0 atom stereocenters. The Morgan fingerprint density at radius 1 is 0.944 bits per heavy atom. The molecule has 1 rings (SSSR count). The minimum atomic E-state index is -1.81. The van der Waals surface area contributed by atoms with Gasteiger partial charge in [-0.15, -0.1) is 0 Å². The van der Waals surface area contributed by atoms with E-state index in [1.807, 2.05) is 0 Å². The summed E-state index contributed by atoms with van der Waals surface area (Å²) in [6.45, 7) is 20.0. The zero-order valence-corrected chi connectivity index (χ0v) is 16.7. The van der Waals surface area contributed by atoms with Crippen LogP contribution in [-0.2, 0) is 0 Å². The van der Waals surface area contributed by atoms with Gasteiger partial charge in [0, 0.05) is 0 Å². The summed E-state index contributed by atoms with van der Waals surface area (Å²) < 4.78 is 8.35. The van der Waals surface area contributed by atoms with E-state index in [0.29, 0.717) is 17.2 Å². The number of rotatable bonds is 3. The van der Waals surface area contributed by atoms with E-state index < -0.39 is 20.6 Å². The van der Waals surface area contributed by atoms with E-state index in [2.05, 4.69) is 71.8 Å². The standard InChI is InChI=1S/C11H24N2.C3H8N.Sn/c1-8-9(12-10(2,3)4)13-11(5,6)7;1-3-4-2;/h9H,8H2,1-7H3;3H2,1-2H3;/q-2;-1;+3. The molecule has 0 unspecified atom stereocenters.